The normalized spacial score (nSPS) is 24.7. The highest BCUT2D eigenvalue weighted by Crippen LogP contribution is 2.54. The highest BCUT2D eigenvalue weighted by molar-refractivity contribution is 5.95. The molecule has 1 aliphatic carbocycles. The molecule has 2 saturated heterocycles. The van der Waals surface area contributed by atoms with Crippen LogP contribution in [-0.4, -0.2) is 58.0 Å². The molecule has 0 aromatic heterocycles. The van der Waals surface area contributed by atoms with Gasteiger partial charge in [0.25, 0.3) is 5.91 Å². The lowest BCUT2D eigenvalue weighted by molar-refractivity contribution is -0.193. The van der Waals surface area contributed by atoms with Crippen LogP contribution in [0.2, 0.25) is 0 Å². The van der Waals surface area contributed by atoms with Crippen LogP contribution < -0.4 is 0 Å². The Balaban J connectivity index is 1.42. The number of hydrogen-bond donors (Lipinski definition) is 1. The summed E-state index contributed by atoms with van der Waals surface area (Å²) in [5.41, 5.74) is 1.41. The fraction of sp³-hybridized carbons (Fsp3) is 0.417. The van der Waals surface area contributed by atoms with Gasteiger partial charge in [0.05, 0.1) is 18.2 Å². The number of likely N-dealkylation sites (tertiary alicyclic amines) is 2. The van der Waals surface area contributed by atoms with Gasteiger partial charge in [0, 0.05) is 31.0 Å². The first-order valence-corrected chi connectivity index (χ1v) is 10.5. The maximum Gasteiger partial charge on any atom is 0.254 e. The molecule has 5 heteroatoms. The molecule has 2 aromatic rings. The van der Waals surface area contributed by atoms with Gasteiger partial charge in [-0.15, -0.1) is 0 Å². The van der Waals surface area contributed by atoms with Crippen molar-refractivity contribution in [1.29, 1.82) is 0 Å². The summed E-state index contributed by atoms with van der Waals surface area (Å²) >= 11 is 0. The van der Waals surface area contributed by atoms with E-state index in [1.165, 1.54) is 0 Å². The van der Waals surface area contributed by atoms with Crippen molar-refractivity contribution in [3.05, 3.63) is 71.8 Å². The second kappa shape index (κ2) is 6.99. The summed E-state index contributed by atoms with van der Waals surface area (Å²) in [4.78, 5) is 29.7. The fourth-order valence-electron chi connectivity index (χ4n) is 5.26. The number of carbonyl (C=O) groups excluding carboxylic acids is 2. The number of benzene rings is 2. The van der Waals surface area contributed by atoms with E-state index in [1.54, 1.807) is 0 Å². The molecule has 0 unspecified atom stereocenters. The Kier molecular flexibility index (Phi) is 4.43. The van der Waals surface area contributed by atoms with E-state index in [-0.39, 0.29) is 30.4 Å². The van der Waals surface area contributed by atoms with Crippen LogP contribution in [0.4, 0.5) is 0 Å². The Morgan fingerprint density at radius 1 is 0.966 bits per heavy atom. The number of aliphatic hydroxyl groups is 1. The molecule has 2 amide bonds. The largest absolute Gasteiger partial charge is 0.394 e. The number of hydrogen-bond acceptors (Lipinski definition) is 3. The van der Waals surface area contributed by atoms with Gasteiger partial charge in [0.15, 0.2) is 0 Å². The Bertz CT molecular complexity index is 904. The fourth-order valence-corrected chi connectivity index (χ4v) is 5.26. The van der Waals surface area contributed by atoms with Crippen LogP contribution >= 0.6 is 0 Å². The lowest BCUT2D eigenvalue weighted by Gasteiger charge is -2.70. The minimum atomic E-state index is -0.398. The van der Waals surface area contributed by atoms with Crippen molar-refractivity contribution in [1.82, 2.24) is 9.80 Å². The van der Waals surface area contributed by atoms with Crippen molar-refractivity contribution in [3.8, 4) is 0 Å². The number of aliphatic hydroxyl groups excluding tert-OH is 1. The van der Waals surface area contributed by atoms with Crippen LogP contribution in [0.3, 0.4) is 0 Å². The smallest absolute Gasteiger partial charge is 0.254 e. The molecule has 2 heterocycles. The molecule has 2 aliphatic heterocycles. The summed E-state index contributed by atoms with van der Waals surface area (Å²) in [6, 6.07) is 19.2. The second-order valence-corrected chi connectivity index (χ2v) is 8.68. The molecule has 1 N–H and O–H groups in total. The first kappa shape index (κ1) is 18.4. The Hall–Kier alpha value is -2.66. The van der Waals surface area contributed by atoms with Gasteiger partial charge in [-0.25, -0.2) is 0 Å². The third kappa shape index (κ3) is 2.96. The topological polar surface area (TPSA) is 60.9 Å². The van der Waals surface area contributed by atoms with E-state index in [2.05, 4.69) is 12.1 Å². The zero-order valence-electron chi connectivity index (χ0n) is 16.4. The maximum atomic E-state index is 13.1. The van der Waals surface area contributed by atoms with Crippen LogP contribution in [-0.2, 0) is 4.79 Å². The summed E-state index contributed by atoms with van der Waals surface area (Å²) in [5.74, 6) is 0.684. The van der Waals surface area contributed by atoms with E-state index in [9.17, 15) is 14.7 Å². The number of amides is 2. The van der Waals surface area contributed by atoms with Gasteiger partial charge in [-0.05, 0) is 36.5 Å². The number of rotatable bonds is 5. The molecular formula is C24H26N2O3. The van der Waals surface area contributed by atoms with Crippen LogP contribution in [0, 0.1) is 5.92 Å². The summed E-state index contributed by atoms with van der Waals surface area (Å²) in [5, 5.41) is 10.1. The molecular weight excluding hydrogens is 364 g/mol. The molecule has 1 saturated carbocycles. The molecule has 2 aromatic carbocycles. The van der Waals surface area contributed by atoms with E-state index >= 15 is 0 Å². The van der Waals surface area contributed by atoms with Crippen molar-refractivity contribution < 1.29 is 14.7 Å². The quantitative estimate of drug-likeness (QED) is 0.854. The van der Waals surface area contributed by atoms with E-state index in [0.717, 1.165) is 18.4 Å². The molecule has 1 spiro atoms. The van der Waals surface area contributed by atoms with Gasteiger partial charge in [0.1, 0.15) is 0 Å². The van der Waals surface area contributed by atoms with Gasteiger partial charge in [-0.1, -0.05) is 48.5 Å². The van der Waals surface area contributed by atoms with Gasteiger partial charge in [-0.2, -0.15) is 0 Å². The maximum absolute atomic E-state index is 13.1. The standard InChI is InChI=1S/C24H26N2O3/c27-14-20-22(18-7-3-1-4-8-18)24(26(20)21(28)13-17-11-12-17)15-25(16-24)23(29)19-9-5-2-6-10-19/h1-10,17,20,22,27H,11-16H2/t20-,22-/m0/s1. The molecule has 3 aliphatic rings. The van der Waals surface area contributed by atoms with Crippen molar-refractivity contribution in [3.63, 3.8) is 0 Å². The molecule has 0 radical (unpaired) electrons. The number of carbonyl (C=O) groups is 2. The third-order valence-corrected chi connectivity index (χ3v) is 6.79. The predicted molar refractivity (Wildman–Crippen MR) is 109 cm³/mol. The molecule has 3 fully saturated rings. The molecule has 5 nitrogen and oxygen atoms in total. The van der Waals surface area contributed by atoms with Gasteiger partial charge in [0.2, 0.25) is 5.91 Å². The van der Waals surface area contributed by atoms with Crippen molar-refractivity contribution in [2.24, 2.45) is 5.92 Å². The average Bonchev–Trinajstić information content (AvgIpc) is 3.51. The first-order valence-electron chi connectivity index (χ1n) is 10.5. The van der Waals surface area contributed by atoms with E-state index in [4.69, 9.17) is 0 Å². The van der Waals surface area contributed by atoms with Gasteiger partial charge >= 0.3 is 0 Å². The Labute approximate surface area is 170 Å². The van der Waals surface area contributed by atoms with Crippen molar-refractivity contribution >= 4 is 11.8 Å². The van der Waals surface area contributed by atoms with Crippen LogP contribution in [0.1, 0.15) is 41.1 Å². The first-order chi connectivity index (χ1) is 14.1. The van der Waals surface area contributed by atoms with Crippen LogP contribution in [0.5, 0.6) is 0 Å². The zero-order valence-corrected chi connectivity index (χ0v) is 16.4. The van der Waals surface area contributed by atoms with Crippen LogP contribution in [0.15, 0.2) is 60.7 Å². The minimum absolute atomic E-state index is 0.00470. The lowest BCUT2D eigenvalue weighted by Crippen LogP contribution is -2.86. The van der Waals surface area contributed by atoms with E-state index < -0.39 is 5.54 Å². The van der Waals surface area contributed by atoms with E-state index in [0.29, 0.717) is 31.0 Å². The lowest BCUT2D eigenvalue weighted by atomic mass is 9.60. The highest BCUT2D eigenvalue weighted by Gasteiger charge is 2.68. The van der Waals surface area contributed by atoms with Gasteiger partial charge in [-0.3, -0.25) is 9.59 Å². The number of nitrogens with zero attached hydrogens (tertiary/aromatic N) is 2. The van der Waals surface area contributed by atoms with Gasteiger partial charge < -0.3 is 14.9 Å². The SMILES string of the molecule is O=C(c1ccccc1)N1CC2(C1)[C@@H](c1ccccc1)[C@H](CO)N2C(=O)CC1CC1. The Morgan fingerprint density at radius 2 is 1.59 bits per heavy atom. The second-order valence-electron chi connectivity index (χ2n) is 8.68. The predicted octanol–water partition coefficient (Wildman–Crippen LogP) is 2.67. The summed E-state index contributed by atoms with van der Waals surface area (Å²) in [6.07, 6.45) is 2.81. The van der Waals surface area contributed by atoms with Crippen molar-refractivity contribution in [2.45, 2.75) is 36.8 Å². The highest BCUT2D eigenvalue weighted by atomic mass is 16.3. The molecule has 150 valence electrons. The molecule has 2 atom stereocenters. The summed E-state index contributed by atoms with van der Waals surface area (Å²) < 4.78 is 0. The average molecular weight is 390 g/mol. The van der Waals surface area contributed by atoms with Crippen LogP contribution in [0.25, 0.3) is 0 Å². The third-order valence-electron chi connectivity index (χ3n) is 6.79. The van der Waals surface area contributed by atoms with Crippen molar-refractivity contribution in [2.75, 3.05) is 19.7 Å². The Morgan fingerprint density at radius 3 is 2.17 bits per heavy atom. The monoisotopic (exact) mass is 390 g/mol. The molecule has 29 heavy (non-hydrogen) atoms. The van der Waals surface area contributed by atoms with E-state index in [1.807, 2.05) is 58.3 Å². The molecule has 0 bridgehead atoms. The zero-order chi connectivity index (χ0) is 20.0. The molecule has 5 rings (SSSR count). The summed E-state index contributed by atoms with van der Waals surface area (Å²) in [7, 11) is 0. The summed E-state index contributed by atoms with van der Waals surface area (Å²) in [6.45, 7) is 0.991. The minimum Gasteiger partial charge on any atom is -0.394 e.